The van der Waals surface area contributed by atoms with Crippen LogP contribution in [0.2, 0.25) is 0 Å². The van der Waals surface area contributed by atoms with E-state index in [9.17, 15) is 4.79 Å². The van der Waals surface area contributed by atoms with Crippen LogP contribution in [-0.4, -0.2) is 10.9 Å². The molecule has 2 aromatic rings. The van der Waals surface area contributed by atoms with Gasteiger partial charge < -0.3 is 15.8 Å². The highest BCUT2D eigenvalue weighted by atomic mass is 16.5. The van der Waals surface area contributed by atoms with Gasteiger partial charge in [-0.2, -0.15) is 0 Å². The Kier molecular flexibility index (Phi) is 4.32. The predicted octanol–water partition coefficient (Wildman–Crippen LogP) is 2.60. The van der Waals surface area contributed by atoms with Crippen LogP contribution in [0.4, 0.5) is 5.69 Å². The van der Waals surface area contributed by atoms with E-state index in [1.165, 1.54) is 6.92 Å². The van der Waals surface area contributed by atoms with Crippen LogP contribution in [0.3, 0.4) is 0 Å². The first-order chi connectivity index (χ1) is 9.61. The summed E-state index contributed by atoms with van der Waals surface area (Å²) in [4.78, 5) is 15.4. The Labute approximate surface area is 117 Å². The van der Waals surface area contributed by atoms with Crippen LogP contribution in [0.15, 0.2) is 36.5 Å². The second-order valence-electron chi connectivity index (χ2n) is 4.40. The Morgan fingerprint density at radius 1 is 1.35 bits per heavy atom. The number of para-hydroxylation sites is 2. The third kappa shape index (κ3) is 3.13. The fraction of sp³-hybridized carbons (Fsp3) is 0.200. The summed E-state index contributed by atoms with van der Waals surface area (Å²) in [6.07, 6.45) is 1.67. The number of anilines is 1. The molecule has 5 nitrogen and oxygen atoms in total. The molecule has 0 atom stereocenters. The van der Waals surface area contributed by atoms with E-state index >= 15 is 0 Å². The zero-order valence-corrected chi connectivity index (χ0v) is 11.5. The van der Waals surface area contributed by atoms with Crippen molar-refractivity contribution in [2.45, 2.75) is 20.4 Å². The van der Waals surface area contributed by atoms with Crippen LogP contribution in [0.25, 0.3) is 0 Å². The lowest BCUT2D eigenvalue weighted by atomic mass is 10.1. The molecule has 0 spiro atoms. The van der Waals surface area contributed by atoms with Crippen LogP contribution in [0.5, 0.6) is 11.6 Å². The predicted molar refractivity (Wildman–Crippen MR) is 77.7 cm³/mol. The minimum atomic E-state index is -0.155. The number of pyridine rings is 1. The van der Waals surface area contributed by atoms with Crippen molar-refractivity contribution in [1.82, 2.24) is 4.98 Å². The lowest BCUT2D eigenvalue weighted by Crippen LogP contribution is -2.08. The molecule has 2 rings (SSSR count). The fourth-order valence-electron chi connectivity index (χ4n) is 1.85. The number of aryl methyl sites for hydroxylation is 1. The maximum absolute atomic E-state index is 11.2. The van der Waals surface area contributed by atoms with Crippen molar-refractivity contribution in [3.05, 3.63) is 47.7 Å². The second-order valence-corrected chi connectivity index (χ2v) is 4.40. The van der Waals surface area contributed by atoms with Crippen LogP contribution >= 0.6 is 0 Å². The average molecular weight is 271 g/mol. The summed E-state index contributed by atoms with van der Waals surface area (Å²) in [5.41, 5.74) is 8.21. The fourth-order valence-corrected chi connectivity index (χ4v) is 1.85. The molecule has 0 radical (unpaired) electrons. The highest BCUT2D eigenvalue weighted by molar-refractivity contribution is 5.90. The Hall–Kier alpha value is -2.40. The minimum absolute atomic E-state index is 0.155. The van der Waals surface area contributed by atoms with Gasteiger partial charge in [-0.1, -0.05) is 12.1 Å². The highest BCUT2D eigenvalue weighted by Gasteiger charge is 2.11. The summed E-state index contributed by atoms with van der Waals surface area (Å²) in [5.74, 6) is 0.845. The van der Waals surface area contributed by atoms with E-state index in [4.69, 9.17) is 10.5 Å². The third-order valence-corrected chi connectivity index (χ3v) is 2.86. The molecule has 0 aliphatic heterocycles. The van der Waals surface area contributed by atoms with E-state index < -0.39 is 0 Å². The highest BCUT2D eigenvalue weighted by Crippen LogP contribution is 2.30. The Morgan fingerprint density at radius 3 is 2.80 bits per heavy atom. The van der Waals surface area contributed by atoms with Gasteiger partial charge in [0.05, 0.1) is 5.69 Å². The molecule has 1 heterocycles. The van der Waals surface area contributed by atoms with E-state index in [-0.39, 0.29) is 5.91 Å². The minimum Gasteiger partial charge on any atom is -0.436 e. The number of nitrogens with one attached hydrogen (secondary N) is 1. The number of amides is 1. The molecule has 0 fully saturated rings. The number of hydrogen-bond acceptors (Lipinski definition) is 4. The molecule has 1 amide bonds. The lowest BCUT2D eigenvalue weighted by Gasteiger charge is -2.13. The average Bonchev–Trinajstić information content (AvgIpc) is 2.41. The first kappa shape index (κ1) is 14.0. The van der Waals surface area contributed by atoms with Gasteiger partial charge in [-0.3, -0.25) is 4.79 Å². The number of ether oxygens (including phenoxy) is 1. The van der Waals surface area contributed by atoms with Crippen molar-refractivity contribution in [2.75, 3.05) is 5.32 Å². The zero-order valence-electron chi connectivity index (χ0n) is 11.5. The van der Waals surface area contributed by atoms with Crippen molar-refractivity contribution < 1.29 is 9.53 Å². The lowest BCUT2D eigenvalue weighted by molar-refractivity contribution is -0.114. The first-order valence-electron chi connectivity index (χ1n) is 6.31. The van der Waals surface area contributed by atoms with E-state index in [2.05, 4.69) is 10.3 Å². The van der Waals surface area contributed by atoms with Crippen molar-refractivity contribution >= 4 is 11.6 Å². The molecule has 0 saturated carbocycles. The normalized spacial score (nSPS) is 10.2. The summed E-state index contributed by atoms with van der Waals surface area (Å²) in [7, 11) is 0. The van der Waals surface area contributed by atoms with Crippen molar-refractivity contribution in [2.24, 2.45) is 5.73 Å². The molecular weight excluding hydrogens is 254 g/mol. The molecular formula is C15H17N3O2. The molecule has 104 valence electrons. The molecule has 3 N–H and O–H groups in total. The van der Waals surface area contributed by atoms with Crippen molar-refractivity contribution in [3.63, 3.8) is 0 Å². The summed E-state index contributed by atoms with van der Waals surface area (Å²) in [5, 5.41) is 2.72. The number of aromatic nitrogens is 1. The third-order valence-electron chi connectivity index (χ3n) is 2.86. The quantitative estimate of drug-likeness (QED) is 0.896. The smallest absolute Gasteiger partial charge is 0.224 e. The van der Waals surface area contributed by atoms with E-state index in [0.717, 1.165) is 11.1 Å². The number of hydrogen-bond donors (Lipinski definition) is 2. The number of nitrogens with two attached hydrogens (primary N) is 1. The van der Waals surface area contributed by atoms with Crippen molar-refractivity contribution in [3.8, 4) is 11.6 Å². The topological polar surface area (TPSA) is 77.2 Å². The van der Waals surface area contributed by atoms with Gasteiger partial charge in [0.2, 0.25) is 11.8 Å². The molecule has 1 aromatic heterocycles. The number of benzene rings is 1. The number of carbonyl (C=O) groups is 1. The summed E-state index contributed by atoms with van der Waals surface area (Å²) in [6, 6.07) is 9.09. The maximum Gasteiger partial charge on any atom is 0.224 e. The van der Waals surface area contributed by atoms with E-state index in [1.807, 2.05) is 25.1 Å². The SMILES string of the molecule is CC(=O)Nc1ccccc1Oc1nccc(C)c1CN. The van der Waals surface area contributed by atoms with Gasteiger partial charge >= 0.3 is 0 Å². The molecule has 0 saturated heterocycles. The Morgan fingerprint density at radius 2 is 2.10 bits per heavy atom. The van der Waals surface area contributed by atoms with Crippen molar-refractivity contribution in [1.29, 1.82) is 0 Å². The van der Waals surface area contributed by atoms with Crippen LogP contribution in [0, 0.1) is 6.92 Å². The van der Waals surface area contributed by atoms with Gasteiger partial charge in [-0.15, -0.1) is 0 Å². The molecule has 0 unspecified atom stereocenters. The summed E-state index contributed by atoms with van der Waals surface area (Å²) >= 11 is 0. The number of rotatable bonds is 4. The monoisotopic (exact) mass is 271 g/mol. The molecule has 1 aromatic carbocycles. The second kappa shape index (κ2) is 6.16. The van der Waals surface area contributed by atoms with Gasteiger partial charge in [-0.05, 0) is 30.7 Å². The molecule has 0 aliphatic rings. The molecule has 0 bridgehead atoms. The molecule has 5 heteroatoms. The van der Waals surface area contributed by atoms with Gasteiger partial charge in [0.25, 0.3) is 0 Å². The standard InChI is InChI=1S/C15H17N3O2/c1-10-7-8-17-15(12(10)9-16)20-14-6-4-3-5-13(14)18-11(2)19/h3-8H,9,16H2,1-2H3,(H,18,19). The maximum atomic E-state index is 11.2. The van der Waals surface area contributed by atoms with E-state index in [0.29, 0.717) is 23.9 Å². The van der Waals surface area contributed by atoms with Crippen LogP contribution in [-0.2, 0) is 11.3 Å². The van der Waals surface area contributed by atoms with Gasteiger partial charge in [0, 0.05) is 25.2 Å². The summed E-state index contributed by atoms with van der Waals surface area (Å²) in [6.45, 7) is 3.75. The molecule has 20 heavy (non-hydrogen) atoms. The zero-order chi connectivity index (χ0) is 14.5. The van der Waals surface area contributed by atoms with Crippen LogP contribution in [0.1, 0.15) is 18.1 Å². The van der Waals surface area contributed by atoms with Gasteiger partial charge in [0.15, 0.2) is 5.75 Å². The summed E-state index contributed by atoms with van der Waals surface area (Å²) < 4.78 is 5.81. The Bertz CT molecular complexity index is 626. The number of carbonyl (C=O) groups excluding carboxylic acids is 1. The Balaban J connectivity index is 2.35. The van der Waals surface area contributed by atoms with E-state index in [1.54, 1.807) is 18.3 Å². The van der Waals surface area contributed by atoms with Crippen LogP contribution < -0.4 is 15.8 Å². The van der Waals surface area contributed by atoms with Gasteiger partial charge in [0.1, 0.15) is 0 Å². The van der Waals surface area contributed by atoms with Gasteiger partial charge in [-0.25, -0.2) is 4.98 Å². The molecule has 0 aliphatic carbocycles. The largest absolute Gasteiger partial charge is 0.436 e. The first-order valence-corrected chi connectivity index (χ1v) is 6.31. The number of nitrogens with zero attached hydrogens (tertiary/aromatic N) is 1.